The number of anilines is 2. The molecule has 1 aliphatic rings. The number of benzene rings is 1. The number of hydrogen-bond donors (Lipinski definition) is 1. The van der Waals surface area contributed by atoms with Gasteiger partial charge in [-0.05, 0) is 30.5 Å². The molecule has 2 rings (SSSR count). The SMILES string of the molecule is COCCCN1CCc2ccc(N)cc21. The summed E-state index contributed by atoms with van der Waals surface area (Å²) in [6.45, 7) is 3.00. The Kier molecular flexibility index (Phi) is 3.11. The van der Waals surface area contributed by atoms with E-state index in [1.165, 1.54) is 11.3 Å². The lowest BCUT2D eigenvalue weighted by Gasteiger charge is -2.19. The molecule has 3 nitrogen and oxygen atoms in total. The van der Waals surface area contributed by atoms with Gasteiger partial charge in [-0.15, -0.1) is 0 Å². The summed E-state index contributed by atoms with van der Waals surface area (Å²) in [6.07, 6.45) is 2.22. The minimum atomic E-state index is 0.828. The average molecular weight is 206 g/mol. The minimum Gasteiger partial charge on any atom is -0.399 e. The van der Waals surface area contributed by atoms with E-state index in [0.29, 0.717) is 0 Å². The smallest absolute Gasteiger partial charge is 0.0479 e. The molecule has 82 valence electrons. The lowest BCUT2D eigenvalue weighted by molar-refractivity contribution is 0.196. The van der Waals surface area contributed by atoms with E-state index in [-0.39, 0.29) is 0 Å². The number of rotatable bonds is 4. The van der Waals surface area contributed by atoms with E-state index in [1.807, 2.05) is 6.07 Å². The molecule has 1 aromatic rings. The largest absolute Gasteiger partial charge is 0.399 e. The van der Waals surface area contributed by atoms with Crippen LogP contribution in [0.15, 0.2) is 18.2 Å². The van der Waals surface area contributed by atoms with Gasteiger partial charge in [0.2, 0.25) is 0 Å². The third kappa shape index (κ3) is 2.23. The van der Waals surface area contributed by atoms with E-state index < -0.39 is 0 Å². The first-order valence-electron chi connectivity index (χ1n) is 5.43. The Hall–Kier alpha value is -1.22. The molecule has 0 spiro atoms. The molecule has 0 bridgehead atoms. The number of fused-ring (bicyclic) bond motifs is 1. The van der Waals surface area contributed by atoms with Gasteiger partial charge in [0.1, 0.15) is 0 Å². The quantitative estimate of drug-likeness (QED) is 0.601. The Morgan fingerprint density at radius 2 is 2.33 bits per heavy atom. The highest BCUT2D eigenvalue weighted by molar-refractivity contribution is 5.64. The third-order valence-corrected chi connectivity index (χ3v) is 2.88. The molecule has 0 aliphatic carbocycles. The first-order valence-corrected chi connectivity index (χ1v) is 5.43. The fourth-order valence-corrected chi connectivity index (χ4v) is 2.09. The summed E-state index contributed by atoms with van der Waals surface area (Å²) in [5.41, 5.74) is 9.38. The van der Waals surface area contributed by atoms with Gasteiger partial charge in [-0.25, -0.2) is 0 Å². The van der Waals surface area contributed by atoms with Crippen molar-refractivity contribution in [1.82, 2.24) is 0 Å². The number of nitrogens with two attached hydrogens (primary N) is 1. The summed E-state index contributed by atoms with van der Waals surface area (Å²) in [4.78, 5) is 2.39. The second-order valence-corrected chi connectivity index (χ2v) is 3.97. The lowest BCUT2D eigenvalue weighted by atomic mass is 10.1. The zero-order chi connectivity index (χ0) is 10.7. The van der Waals surface area contributed by atoms with Gasteiger partial charge < -0.3 is 15.4 Å². The van der Waals surface area contributed by atoms with E-state index in [0.717, 1.165) is 38.2 Å². The van der Waals surface area contributed by atoms with Gasteiger partial charge in [0.15, 0.2) is 0 Å². The van der Waals surface area contributed by atoms with Gasteiger partial charge in [0.25, 0.3) is 0 Å². The molecule has 3 heteroatoms. The van der Waals surface area contributed by atoms with E-state index in [4.69, 9.17) is 10.5 Å². The van der Waals surface area contributed by atoms with Crippen molar-refractivity contribution in [1.29, 1.82) is 0 Å². The van der Waals surface area contributed by atoms with Crippen LogP contribution < -0.4 is 10.6 Å². The van der Waals surface area contributed by atoms with Crippen molar-refractivity contribution in [3.63, 3.8) is 0 Å². The normalized spacial score (nSPS) is 14.3. The standard InChI is InChI=1S/C12H18N2O/c1-15-8-2-6-14-7-5-10-3-4-11(13)9-12(10)14/h3-4,9H,2,5-8,13H2,1H3. The van der Waals surface area contributed by atoms with Crippen LogP contribution in [0.4, 0.5) is 11.4 Å². The maximum Gasteiger partial charge on any atom is 0.0479 e. The molecule has 15 heavy (non-hydrogen) atoms. The highest BCUT2D eigenvalue weighted by Crippen LogP contribution is 2.29. The van der Waals surface area contributed by atoms with Crippen LogP contribution in [0.3, 0.4) is 0 Å². The van der Waals surface area contributed by atoms with E-state index in [1.54, 1.807) is 7.11 Å². The van der Waals surface area contributed by atoms with Crippen LogP contribution in [0.2, 0.25) is 0 Å². The van der Waals surface area contributed by atoms with Gasteiger partial charge in [0.05, 0.1) is 0 Å². The molecule has 0 fully saturated rings. The summed E-state index contributed by atoms with van der Waals surface area (Å²) in [6, 6.07) is 6.20. The fourth-order valence-electron chi connectivity index (χ4n) is 2.09. The van der Waals surface area contributed by atoms with Crippen molar-refractivity contribution in [2.45, 2.75) is 12.8 Å². The first kappa shape index (κ1) is 10.3. The van der Waals surface area contributed by atoms with Crippen LogP contribution in [0.5, 0.6) is 0 Å². The van der Waals surface area contributed by atoms with Gasteiger partial charge in [0, 0.05) is 38.2 Å². The van der Waals surface area contributed by atoms with Gasteiger partial charge in [-0.2, -0.15) is 0 Å². The number of methoxy groups -OCH3 is 1. The van der Waals surface area contributed by atoms with E-state index in [9.17, 15) is 0 Å². The summed E-state index contributed by atoms with van der Waals surface area (Å²) in [5, 5.41) is 0. The molecule has 0 aromatic heterocycles. The summed E-state index contributed by atoms with van der Waals surface area (Å²) < 4.78 is 5.06. The van der Waals surface area contributed by atoms with Crippen LogP contribution in [0.1, 0.15) is 12.0 Å². The zero-order valence-electron chi connectivity index (χ0n) is 9.20. The monoisotopic (exact) mass is 206 g/mol. The second-order valence-electron chi connectivity index (χ2n) is 3.97. The highest BCUT2D eigenvalue weighted by atomic mass is 16.5. The molecule has 0 saturated carbocycles. The van der Waals surface area contributed by atoms with Crippen LogP contribution in [0.25, 0.3) is 0 Å². The summed E-state index contributed by atoms with van der Waals surface area (Å²) in [7, 11) is 1.75. The van der Waals surface area contributed by atoms with Crippen LogP contribution >= 0.6 is 0 Å². The maximum atomic E-state index is 5.80. The Balaban J connectivity index is 2.03. The summed E-state index contributed by atoms with van der Waals surface area (Å²) >= 11 is 0. The predicted molar refractivity (Wildman–Crippen MR) is 63.3 cm³/mol. The van der Waals surface area contributed by atoms with E-state index >= 15 is 0 Å². The van der Waals surface area contributed by atoms with Gasteiger partial charge in [-0.1, -0.05) is 6.07 Å². The molecular weight excluding hydrogens is 188 g/mol. The minimum absolute atomic E-state index is 0.828. The predicted octanol–water partition coefficient (Wildman–Crippen LogP) is 1.67. The Labute approximate surface area is 90.8 Å². The van der Waals surface area contributed by atoms with Crippen LogP contribution in [-0.2, 0) is 11.2 Å². The van der Waals surface area contributed by atoms with Crippen molar-refractivity contribution < 1.29 is 4.74 Å². The highest BCUT2D eigenvalue weighted by Gasteiger charge is 2.18. The number of nitrogens with zero attached hydrogens (tertiary/aromatic N) is 1. The maximum absolute atomic E-state index is 5.80. The molecular formula is C12H18N2O. The molecule has 0 radical (unpaired) electrons. The molecule has 0 unspecified atom stereocenters. The number of ether oxygens (including phenoxy) is 1. The topological polar surface area (TPSA) is 38.5 Å². The average Bonchev–Trinajstić information content (AvgIpc) is 2.62. The molecule has 0 saturated heterocycles. The molecule has 0 amide bonds. The Bertz CT molecular complexity index is 338. The third-order valence-electron chi connectivity index (χ3n) is 2.88. The Morgan fingerprint density at radius 1 is 1.47 bits per heavy atom. The van der Waals surface area contributed by atoms with E-state index in [2.05, 4.69) is 17.0 Å². The molecule has 1 aromatic carbocycles. The van der Waals surface area contributed by atoms with Crippen molar-refractivity contribution in [2.24, 2.45) is 0 Å². The molecule has 1 heterocycles. The van der Waals surface area contributed by atoms with Crippen molar-refractivity contribution in [3.8, 4) is 0 Å². The fraction of sp³-hybridized carbons (Fsp3) is 0.500. The van der Waals surface area contributed by atoms with Crippen molar-refractivity contribution >= 4 is 11.4 Å². The second kappa shape index (κ2) is 4.53. The molecule has 2 N–H and O–H groups in total. The van der Waals surface area contributed by atoms with Crippen molar-refractivity contribution in [2.75, 3.05) is 37.4 Å². The van der Waals surface area contributed by atoms with Gasteiger partial charge >= 0.3 is 0 Å². The number of nitrogen functional groups attached to an aromatic ring is 1. The molecule has 0 atom stereocenters. The van der Waals surface area contributed by atoms with Crippen LogP contribution in [-0.4, -0.2) is 26.8 Å². The van der Waals surface area contributed by atoms with Crippen molar-refractivity contribution in [3.05, 3.63) is 23.8 Å². The summed E-state index contributed by atoms with van der Waals surface area (Å²) in [5.74, 6) is 0. The lowest BCUT2D eigenvalue weighted by Crippen LogP contribution is -2.22. The molecule has 1 aliphatic heterocycles. The first-order chi connectivity index (χ1) is 7.31. The Morgan fingerprint density at radius 3 is 3.13 bits per heavy atom. The zero-order valence-corrected chi connectivity index (χ0v) is 9.20. The van der Waals surface area contributed by atoms with Gasteiger partial charge in [-0.3, -0.25) is 0 Å². The van der Waals surface area contributed by atoms with Crippen LogP contribution in [0, 0.1) is 0 Å². The number of hydrogen-bond acceptors (Lipinski definition) is 3.